The van der Waals surface area contributed by atoms with E-state index < -0.39 is 0 Å². The SMILES string of the molecule is COC(=O)C1=Cc2cccc3c2N(CC=C3)C1. The highest BCUT2D eigenvalue weighted by atomic mass is 16.5. The molecule has 0 aromatic heterocycles. The number of rotatable bonds is 1. The van der Waals surface area contributed by atoms with E-state index in [2.05, 4.69) is 23.1 Å². The van der Waals surface area contributed by atoms with E-state index in [9.17, 15) is 4.79 Å². The first-order valence-electron chi connectivity index (χ1n) is 5.63. The maximum Gasteiger partial charge on any atom is 0.335 e. The molecule has 0 aliphatic carbocycles. The fourth-order valence-corrected chi connectivity index (χ4v) is 2.43. The van der Waals surface area contributed by atoms with E-state index in [-0.39, 0.29) is 5.97 Å². The maximum absolute atomic E-state index is 11.6. The maximum atomic E-state index is 11.6. The minimum Gasteiger partial charge on any atom is -0.466 e. The van der Waals surface area contributed by atoms with Crippen molar-refractivity contribution in [3.63, 3.8) is 0 Å². The molecule has 2 aliphatic heterocycles. The van der Waals surface area contributed by atoms with E-state index in [0.717, 1.165) is 12.1 Å². The quantitative estimate of drug-likeness (QED) is 0.688. The normalized spacial score (nSPS) is 16.3. The van der Waals surface area contributed by atoms with Crippen LogP contribution in [0.5, 0.6) is 0 Å². The van der Waals surface area contributed by atoms with Crippen LogP contribution in [0.25, 0.3) is 12.2 Å². The number of esters is 1. The molecule has 3 heteroatoms. The van der Waals surface area contributed by atoms with Crippen molar-refractivity contribution in [1.82, 2.24) is 0 Å². The van der Waals surface area contributed by atoms with Crippen molar-refractivity contribution in [3.05, 3.63) is 41.0 Å². The molecule has 3 rings (SSSR count). The number of carbonyl (C=O) groups excluding carboxylic acids is 1. The van der Waals surface area contributed by atoms with Crippen LogP contribution in [0.15, 0.2) is 29.8 Å². The minimum atomic E-state index is -0.240. The van der Waals surface area contributed by atoms with Crippen LogP contribution >= 0.6 is 0 Å². The van der Waals surface area contributed by atoms with E-state index in [0.29, 0.717) is 12.1 Å². The zero-order chi connectivity index (χ0) is 11.8. The Labute approximate surface area is 100.0 Å². The van der Waals surface area contributed by atoms with Gasteiger partial charge in [0.15, 0.2) is 0 Å². The van der Waals surface area contributed by atoms with Crippen LogP contribution in [-0.4, -0.2) is 26.2 Å². The lowest BCUT2D eigenvalue weighted by Gasteiger charge is -2.33. The Morgan fingerprint density at radius 1 is 1.35 bits per heavy atom. The molecule has 17 heavy (non-hydrogen) atoms. The highest BCUT2D eigenvalue weighted by molar-refractivity contribution is 5.98. The predicted molar refractivity (Wildman–Crippen MR) is 67.7 cm³/mol. The molecule has 0 unspecified atom stereocenters. The summed E-state index contributed by atoms with van der Waals surface area (Å²) in [7, 11) is 1.42. The molecule has 0 fully saturated rings. The summed E-state index contributed by atoms with van der Waals surface area (Å²) in [4.78, 5) is 13.8. The smallest absolute Gasteiger partial charge is 0.335 e. The molecule has 0 bridgehead atoms. The Bertz CT molecular complexity index is 543. The molecule has 2 heterocycles. The number of hydrogen-bond donors (Lipinski definition) is 0. The Kier molecular flexibility index (Phi) is 2.25. The van der Waals surface area contributed by atoms with Crippen molar-refractivity contribution in [1.29, 1.82) is 0 Å². The predicted octanol–water partition coefficient (Wildman–Crippen LogP) is 2.09. The van der Waals surface area contributed by atoms with Crippen LogP contribution in [0.2, 0.25) is 0 Å². The molecule has 0 saturated carbocycles. The summed E-state index contributed by atoms with van der Waals surface area (Å²) < 4.78 is 4.79. The first-order chi connectivity index (χ1) is 8.29. The second-order valence-electron chi connectivity index (χ2n) is 4.23. The lowest BCUT2D eigenvalue weighted by Crippen LogP contribution is -2.33. The average Bonchev–Trinajstić information content (AvgIpc) is 2.38. The van der Waals surface area contributed by atoms with Gasteiger partial charge >= 0.3 is 5.97 Å². The van der Waals surface area contributed by atoms with Crippen LogP contribution in [0, 0.1) is 0 Å². The molecular formula is C14H13NO2. The van der Waals surface area contributed by atoms with Gasteiger partial charge in [-0.3, -0.25) is 0 Å². The Balaban J connectivity index is 2.13. The lowest BCUT2D eigenvalue weighted by molar-refractivity contribution is -0.136. The van der Waals surface area contributed by atoms with Gasteiger partial charge in [0.2, 0.25) is 0 Å². The third-order valence-electron chi connectivity index (χ3n) is 3.18. The number of nitrogens with zero attached hydrogens (tertiary/aromatic N) is 1. The molecule has 0 spiro atoms. The van der Waals surface area contributed by atoms with Crippen LogP contribution in [0.1, 0.15) is 11.1 Å². The summed E-state index contributed by atoms with van der Waals surface area (Å²) in [5.74, 6) is -0.240. The van der Waals surface area contributed by atoms with Crippen molar-refractivity contribution in [3.8, 4) is 0 Å². The molecule has 2 aliphatic rings. The highest BCUT2D eigenvalue weighted by Crippen LogP contribution is 2.35. The molecule has 0 atom stereocenters. The van der Waals surface area contributed by atoms with Gasteiger partial charge in [-0.05, 0) is 17.2 Å². The standard InChI is InChI=1S/C14H13NO2/c1-17-14(16)12-8-11-5-2-4-10-6-3-7-15(9-12)13(10)11/h2-6,8H,7,9H2,1H3. The number of ether oxygens (including phenoxy) is 1. The molecule has 86 valence electrons. The topological polar surface area (TPSA) is 29.5 Å². The van der Waals surface area contributed by atoms with E-state index in [1.54, 1.807) is 0 Å². The number of carbonyl (C=O) groups is 1. The first kappa shape index (κ1) is 10.1. The fourth-order valence-electron chi connectivity index (χ4n) is 2.43. The molecule has 0 amide bonds. The number of para-hydroxylation sites is 1. The van der Waals surface area contributed by atoms with Crippen LogP contribution in [0.3, 0.4) is 0 Å². The molecule has 0 radical (unpaired) electrons. The summed E-state index contributed by atoms with van der Waals surface area (Å²) in [5, 5.41) is 0. The number of hydrogen-bond acceptors (Lipinski definition) is 3. The van der Waals surface area contributed by atoms with Crippen molar-refractivity contribution in [2.24, 2.45) is 0 Å². The van der Waals surface area contributed by atoms with Crippen LogP contribution in [0.4, 0.5) is 5.69 Å². The number of methoxy groups -OCH3 is 1. The van der Waals surface area contributed by atoms with Crippen LogP contribution in [-0.2, 0) is 9.53 Å². The zero-order valence-corrected chi connectivity index (χ0v) is 9.64. The van der Waals surface area contributed by atoms with E-state index in [1.807, 2.05) is 18.2 Å². The Hall–Kier alpha value is -2.03. The monoisotopic (exact) mass is 227 g/mol. The second kappa shape index (κ2) is 3.77. The van der Waals surface area contributed by atoms with Crippen LogP contribution < -0.4 is 4.90 Å². The molecule has 1 aromatic rings. The van der Waals surface area contributed by atoms with Gasteiger partial charge in [-0.25, -0.2) is 4.79 Å². The summed E-state index contributed by atoms with van der Waals surface area (Å²) >= 11 is 0. The zero-order valence-electron chi connectivity index (χ0n) is 9.64. The molecule has 1 aromatic carbocycles. The molecule has 0 saturated heterocycles. The fraction of sp³-hybridized carbons (Fsp3) is 0.214. The van der Waals surface area contributed by atoms with E-state index in [4.69, 9.17) is 4.74 Å². The van der Waals surface area contributed by atoms with Crippen molar-refractivity contribution in [2.45, 2.75) is 0 Å². The Morgan fingerprint density at radius 2 is 2.18 bits per heavy atom. The lowest BCUT2D eigenvalue weighted by atomic mass is 9.96. The van der Waals surface area contributed by atoms with Gasteiger partial charge in [-0.2, -0.15) is 0 Å². The van der Waals surface area contributed by atoms with Crippen molar-refractivity contribution in [2.75, 3.05) is 25.1 Å². The van der Waals surface area contributed by atoms with E-state index in [1.165, 1.54) is 18.4 Å². The second-order valence-corrected chi connectivity index (χ2v) is 4.23. The highest BCUT2D eigenvalue weighted by Gasteiger charge is 2.24. The van der Waals surface area contributed by atoms with Gasteiger partial charge in [0.1, 0.15) is 0 Å². The average molecular weight is 227 g/mol. The third-order valence-corrected chi connectivity index (χ3v) is 3.18. The molecule has 3 nitrogen and oxygen atoms in total. The largest absolute Gasteiger partial charge is 0.466 e. The van der Waals surface area contributed by atoms with Gasteiger partial charge in [-0.15, -0.1) is 0 Å². The van der Waals surface area contributed by atoms with Gasteiger partial charge in [0, 0.05) is 6.54 Å². The van der Waals surface area contributed by atoms with Gasteiger partial charge in [-0.1, -0.05) is 30.4 Å². The molecule has 0 N–H and O–H groups in total. The van der Waals surface area contributed by atoms with Crippen molar-refractivity contribution >= 4 is 23.8 Å². The third kappa shape index (κ3) is 1.55. The van der Waals surface area contributed by atoms with Gasteiger partial charge in [0.25, 0.3) is 0 Å². The minimum absolute atomic E-state index is 0.240. The molecular weight excluding hydrogens is 214 g/mol. The van der Waals surface area contributed by atoms with Crippen molar-refractivity contribution < 1.29 is 9.53 Å². The Morgan fingerprint density at radius 3 is 3.00 bits per heavy atom. The summed E-state index contributed by atoms with van der Waals surface area (Å²) in [5.41, 5.74) is 4.25. The number of anilines is 1. The first-order valence-corrected chi connectivity index (χ1v) is 5.63. The van der Waals surface area contributed by atoms with E-state index >= 15 is 0 Å². The summed E-state index contributed by atoms with van der Waals surface area (Å²) in [6, 6.07) is 6.14. The van der Waals surface area contributed by atoms with Gasteiger partial charge in [0.05, 0.1) is 24.9 Å². The van der Waals surface area contributed by atoms with Gasteiger partial charge < -0.3 is 9.64 Å². The summed E-state index contributed by atoms with van der Waals surface area (Å²) in [6.45, 7) is 1.47. The summed E-state index contributed by atoms with van der Waals surface area (Å²) in [6.07, 6.45) is 6.18. The number of benzene rings is 1.